The van der Waals surface area contributed by atoms with E-state index in [1.165, 1.54) is 13.2 Å². The second-order valence-corrected chi connectivity index (χ2v) is 4.54. The number of carbonyl (C=O) groups excluding carboxylic acids is 1. The van der Waals surface area contributed by atoms with Crippen LogP contribution in [0.1, 0.15) is 10.4 Å². The lowest BCUT2D eigenvalue weighted by Gasteiger charge is -2.07. The van der Waals surface area contributed by atoms with Gasteiger partial charge in [0.15, 0.2) is 5.78 Å². The quantitative estimate of drug-likeness (QED) is 0.626. The monoisotopic (exact) mass is 322 g/mol. The highest BCUT2D eigenvalue weighted by molar-refractivity contribution is 9.09. The van der Waals surface area contributed by atoms with Crippen LogP contribution in [0.3, 0.4) is 0 Å². The van der Waals surface area contributed by atoms with Gasteiger partial charge < -0.3 is 4.74 Å². The normalized spacial score (nSPS) is 10.3. The van der Waals surface area contributed by atoms with Gasteiger partial charge in [-0.3, -0.25) is 4.79 Å². The molecule has 0 aromatic heterocycles. The summed E-state index contributed by atoms with van der Waals surface area (Å²) >= 11 is 3.12. The largest absolute Gasteiger partial charge is 0.497 e. The predicted octanol–water partition coefficient (Wildman–Crippen LogP) is 4.08. The third-order valence-corrected chi connectivity index (χ3v) is 3.32. The van der Waals surface area contributed by atoms with Gasteiger partial charge >= 0.3 is 0 Å². The lowest BCUT2D eigenvalue weighted by Crippen LogP contribution is -1.99. The molecule has 19 heavy (non-hydrogen) atoms. The lowest BCUT2D eigenvalue weighted by molar-refractivity contribution is 0.102. The van der Waals surface area contributed by atoms with Gasteiger partial charge in [0, 0.05) is 11.1 Å². The van der Waals surface area contributed by atoms with E-state index >= 15 is 0 Å². The number of benzene rings is 2. The van der Waals surface area contributed by atoms with Crippen LogP contribution in [0.5, 0.6) is 5.75 Å². The fourth-order valence-corrected chi connectivity index (χ4v) is 2.09. The summed E-state index contributed by atoms with van der Waals surface area (Å²) in [6.45, 7) is 0. The molecule has 98 valence electrons. The third-order valence-electron chi connectivity index (χ3n) is 2.81. The molecule has 0 heterocycles. The zero-order valence-corrected chi connectivity index (χ0v) is 11.9. The molecule has 0 saturated heterocycles. The number of methoxy groups -OCH3 is 1. The van der Waals surface area contributed by atoms with E-state index in [1.807, 2.05) is 0 Å². The number of rotatable bonds is 4. The maximum Gasteiger partial charge on any atom is 0.173 e. The molecule has 0 N–H and O–H groups in total. The average Bonchev–Trinajstić information content (AvgIpc) is 2.47. The van der Waals surface area contributed by atoms with Crippen LogP contribution >= 0.6 is 15.9 Å². The Morgan fingerprint density at radius 1 is 1.21 bits per heavy atom. The van der Waals surface area contributed by atoms with E-state index in [9.17, 15) is 9.18 Å². The standard InChI is InChI=1S/C15H12BrFO2/c1-19-12-6-7-14(17)13(8-12)10-2-4-11(5-3-10)15(18)9-16/h2-8H,9H2,1H3. The van der Waals surface area contributed by atoms with Gasteiger partial charge in [0.25, 0.3) is 0 Å². The van der Waals surface area contributed by atoms with Gasteiger partial charge in [-0.1, -0.05) is 40.2 Å². The molecule has 2 aromatic rings. The lowest BCUT2D eigenvalue weighted by atomic mass is 10.0. The number of alkyl halides is 1. The molecule has 2 aromatic carbocycles. The molecule has 0 atom stereocenters. The molecule has 0 fully saturated rings. The van der Waals surface area contributed by atoms with Crippen LogP contribution in [0.4, 0.5) is 4.39 Å². The second-order valence-electron chi connectivity index (χ2n) is 3.98. The van der Waals surface area contributed by atoms with Gasteiger partial charge in [0.2, 0.25) is 0 Å². The summed E-state index contributed by atoms with van der Waals surface area (Å²) < 4.78 is 18.9. The van der Waals surface area contributed by atoms with Crippen LogP contribution in [0.2, 0.25) is 0 Å². The molecule has 0 aliphatic carbocycles. The van der Waals surface area contributed by atoms with E-state index in [1.54, 1.807) is 36.4 Å². The molecule has 0 bridgehead atoms. The summed E-state index contributed by atoms with van der Waals surface area (Å²) in [6.07, 6.45) is 0. The van der Waals surface area contributed by atoms with Crippen molar-refractivity contribution in [1.82, 2.24) is 0 Å². The number of carbonyl (C=O) groups is 1. The third kappa shape index (κ3) is 3.01. The topological polar surface area (TPSA) is 26.3 Å². The summed E-state index contributed by atoms with van der Waals surface area (Å²) in [7, 11) is 1.54. The second kappa shape index (κ2) is 5.97. The van der Waals surface area contributed by atoms with Gasteiger partial charge in [-0.05, 0) is 23.8 Å². The van der Waals surface area contributed by atoms with Gasteiger partial charge in [-0.2, -0.15) is 0 Å². The Hall–Kier alpha value is -1.68. The summed E-state index contributed by atoms with van der Waals surface area (Å²) in [4.78, 5) is 11.5. The summed E-state index contributed by atoms with van der Waals surface area (Å²) in [5, 5.41) is 0.278. The van der Waals surface area contributed by atoms with Crippen LogP contribution in [-0.2, 0) is 0 Å². The van der Waals surface area contributed by atoms with Gasteiger partial charge in [0.1, 0.15) is 11.6 Å². The Bertz CT molecular complexity index is 594. The Morgan fingerprint density at radius 3 is 2.47 bits per heavy atom. The van der Waals surface area contributed by atoms with Gasteiger partial charge in [0.05, 0.1) is 12.4 Å². The number of ketones is 1. The van der Waals surface area contributed by atoms with E-state index < -0.39 is 0 Å². The molecule has 0 saturated carbocycles. The zero-order chi connectivity index (χ0) is 13.8. The molecule has 0 aliphatic rings. The molecule has 0 aliphatic heterocycles. The van der Waals surface area contributed by atoms with E-state index in [4.69, 9.17) is 4.74 Å². The van der Waals surface area contributed by atoms with Crippen LogP contribution < -0.4 is 4.74 Å². The summed E-state index contributed by atoms with van der Waals surface area (Å²) in [5.41, 5.74) is 1.77. The molecule has 2 rings (SSSR count). The van der Waals surface area contributed by atoms with E-state index in [-0.39, 0.29) is 16.9 Å². The highest BCUT2D eigenvalue weighted by Gasteiger charge is 2.08. The smallest absolute Gasteiger partial charge is 0.173 e. The first-order chi connectivity index (χ1) is 9.15. The minimum atomic E-state index is -0.319. The van der Waals surface area contributed by atoms with Crippen LogP contribution in [0, 0.1) is 5.82 Å². The van der Waals surface area contributed by atoms with Gasteiger partial charge in [-0.15, -0.1) is 0 Å². The minimum absolute atomic E-state index is 0.00216. The number of Topliss-reactive ketones (excluding diaryl/α,β-unsaturated/α-hetero) is 1. The molecular weight excluding hydrogens is 311 g/mol. The van der Waals surface area contributed by atoms with E-state index in [2.05, 4.69) is 15.9 Å². The SMILES string of the molecule is COc1ccc(F)c(-c2ccc(C(=O)CBr)cc2)c1. The number of hydrogen-bond acceptors (Lipinski definition) is 2. The molecule has 0 radical (unpaired) electrons. The molecule has 4 heteroatoms. The van der Waals surface area contributed by atoms with Crippen molar-refractivity contribution in [2.45, 2.75) is 0 Å². The first-order valence-corrected chi connectivity index (χ1v) is 6.81. The Morgan fingerprint density at radius 2 is 1.89 bits per heavy atom. The molecule has 2 nitrogen and oxygen atoms in total. The molecule has 0 spiro atoms. The Balaban J connectivity index is 2.39. The number of hydrogen-bond donors (Lipinski definition) is 0. The Labute approximate surface area is 119 Å². The summed E-state index contributed by atoms with van der Waals surface area (Å²) in [6, 6.07) is 11.4. The average molecular weight is 323 g/mol. The highest BCUT2D eigenvalue weighted by atomic mass is 79.9. The molecule has 0 amide bonds. The van der Waals surface area contributed by atoms with Crippen molar-refractivity contribution in [2.75, 3.05) is 12.4 Å². The van der Waals surface area contributed by atoms with Crippen molar-refractivity contribution in [1.29, 1.82) is 0 Å². The van der Waals surface area contributed by atoms with Crippen molar-refractivity contribution >= 4 is 21.7 Å². The first-order valence-electron chi connectivity index (χ1n) is 5.69. The number of halogens is 2. The fraction of sp³-hybridized carbons (Fsp3) is 0.133. The zero-order valence-electron chi connectivity index (χ0n) is 10.3. The highest BCUT2D eigenvalue weighted by Crippen LogP contribution is 2.27. The van der Waals surface area contributed by atoms with Crippen molar-refractivity contribution in [2.24, 2.45) is 0 Å². The van der Waals surface area contributed by atoms with Crippen molar-refractivity contribution in [3.05, 3.63) is 53.8 Å². The Kier molecular flexibility index (Phi) is 4.32. The van der Waals surface area contributed by atoms with Gasteiger partial charge in [-0.25, -0.2) is 4.39 Å². The van der Waals surface area contributed by atoms with Crippen LogP contribution in [0.15, 0.2) is 42.5 Å². The molecule has 0 unspecified atom stereocenters. The maximum absolute atomic E-state index is 13.8. The first kappa shape index (κ1) is 13.7. The van der Waals surface area contributed by atoms with Crippen LogP contribution in [0.25, 0.3) is 11.1 Å². The minimum Gasteiger partial charge on any atom is -0.497 e. The van der Waals surface area contributed by atoms with Crippen molar-refractivity contribution in [3.8, 4) is 16.9 Å². The summed E-state index contributed by atoms with van der Waals surface area (Å²) in [5.74, 6) is 0.273. The van der Waals surface area contributed by atoms with Crippen molar-refractivity contribution < 1.29 is 13.9 Å². The molecular formula is C15H12BrFO2. The van der Waals surface area contributed by atoms with E-state index in [0.717, 1.165) is 0 Å². The van der Waals surface area contributed by atoms with Crippen molar-refractivity contribution in [3.63, 3.8) is 0 Å². The fourth-order valence-electron chi connectivity index (χ4n) is 1.77. The number of ether oxygens (including phenoxy) is 1. The van der Waals surface area contributed by atoms with Crippen LogP contribution in [-0.4, -0.2) is 18.2 Å². The van der Waals surface area contributed by atoms with E-state index in [0.29, 0.717) is 22.4 Å². The maximum atomic E-state index is 13.8. The predicted molar refractivity (Wildman–Crippen MR) is 76.5 cm³/mol.